The molecular weight excluding hydrogens is 354 g/mol. The van der Waals surface area contributed by atoms with Crippen LogP contribution in [-0.2, 0) is 4.79 Å². The van der Waals surface area contributed by atoms with Crippen LogP contribution in [0.5, 0.6) is 0 Å². The zero-order valence-corrected chi connectivity index (χ0v) is 16.3. The summed E-state index contributed by atoms with van der Waals surface area (Å²) in [5.41, 5.74) is 3.44. The SMILES string of the molecule is Cc1ccc(N2C[C@@H](O)[C@@H](NC(=O)C3=C4C=CC(C(C)C)=CC4C=N3)C2)nn1. The Morgan fingerprint density at radius 2 is 2.07 bits per heavy atom. The summed E-state index contributed by atoms with van der Waals surface area (Å²) in [6, 6.07) is 3.38. The molecule has 2 aliphatic heterocycles. The monoisotopic (exact) mass is 379 g/mol. The van der Waals surface area contributed by atoms with Gasteiger partial charge in [0.15, 0.2) is 5.82 Å². The van der Waals surface area contributed by atoms with Crippen molar-refractivity contribution >= 4 is 17.9 Å². The fraction of sp³-hybridized carbons (Fsp3) is 0.429. The summed E-state index contributed by atoms with van der Waals surface area (Å²) in [7, 11) is 0. The van der Waals surface area contributed by atoms with E-state index in [1.54, 1.807) is 0 Å². The van der Waals surface area contributed by atoms with Crippen LogP contribution in [0.3, 0.4) is 0 Å². The van der Waals surface area contributed by atoms with Crippen LogP contribution in [0, 0.1) is 18.8 Å². The molecule has 1 aliphatic carbocycles. The normalized spacial score (nSPS) is 26.1. The van der Waals surface area contributed by atoms with Gasteiger partial charge in [0.05, 0.1) is 17.8 Å². The zero-order chi connectivity index (χ0) is 19.8. The van der Waals surface area contributed by atoms with E-state index in [1.165, 1.54) is 5.57 Å². The quantitative estimate of drug-likeness (QED) is 0.828. The van der Waals surface area contributed by atoms with E-state index >= 15 is 0 Å². The lowest BCUT2D eigenvalue weighted by molar-refractivity contribution is -0.118. The van der Waals surface area contributed by atoms with Crippen LogP contribution < -0.4 is 10.2 Å². The van der Waals surface area contributed by atoms with Crippen molar-refractivity contribution in [1.29, 1.82) is 0 Å². The number of nitrogens with one attached hydrogen (secondary N) is 1. The van der Waals surface area contributed by atoms with E-state index in [0.717, 1.165) is 11.3 Å². The predicted octanol–water partition coefficient (Wildman–Crippen LogP) is 1.56. The Balaban J connectivity index is 1.44. The van der Waals surface area contributed by atoms with Gasteiger partial charge in [0.1, 0.15) is 5.70 Å². The minimum absolute atomic E-state index is 0.0518. The zero-order valence-electron chi connectivity index (χ0n) is 16.3. The number of hydrogen-bond acceptors (Lipinski definition) is 6. The van der Waals surface area contributed by atoms with Gasteiger partial charge in [-0.25, -0.2) is 0 Å². The highest BCUT2D eigenvalue weighted by atomic mass is 16.3. The van der Waals surface area contributed by atoms with Crippen molar-refractivity contribution in [2.75, 3.05) is 18.0 Å². The van der Waals surface area contributed by atoms with Gasteiger partial charge >= 0.3 is 0 Å². The Hall–Kier alpha value is -2.80. The van der Waals surface area contributed by atoms with Crippen molar-refractivity contribution in [3.05, 3.63) is 52.9 Å². The van der Waals surface area contributed by atoms with E-state index in [9.17, 15) is 9.90 Å². The van der Waals surface area contributed by atoms with Crippen molar-refractivity contribution in [3.63, 3.8) is 0 Å². The van der Waals surface area contributed by atoms with E-state index in [0.29, 0.717) is 30.5 Å². The van der Waals surface area contributed by atoms with Crippen LogP contribution >= 0.6 is 0 Å². The molecule has 28 heavy (non-hydrogen) atoms. The number of carbonyl (C=O) groups is 1. The van der Waals surface area contributed by atoms with E-state index in [-0.39, 0.29) is 17.9 Å². The Kier molecular flexibility index (Phi) is 4.85. The number of β-amino-alcohol motifs (C(OH)–C–C–N with tert-alkyl or cyclic N) is 1. The Morgan fingerprint density at radius 3 is 2.79 bits per heavy atom. The van der Waals surface area contributed by atoms with E-state index in [1.807, 2.05) is 36.2 Å². The van der Waals surface area contributed by atoms with E-state index in [2.05, 4.69) is 46.5 Å². The van der Waals surface area contributed by atoms with Crippen LogP contribution in [0.2, 0.25) is 0 Å². The molecule has 1 aromatic rings. The summed E-state index contributed by atoms with van der Waals surface area (Å²) in [5, 5.41) is 21.6. The van der Waals surface area contributed by atoms with Crippen molar-refractivity contribution in [2.24, 2.45) is 16.8 Å². The Bertz CT molecular complexity index is 898. The third-order valence-electron chi connectivity index (χ3n) is 5.42. The Labute approximate surface area is 164 Å². The number of allylic oxidation sites excluding steroid dienone is 5. The standard InChI is InChI=1S/C21H25N5O2/c1-12(2)14-5-6-16-15(8-14)9-22-20(16)21(28)23-17-10-26(11-18(17)27)19-7-4-13(3)24-25-19/h4-9,12,15,17-18,27H,10-11H2,1-3H3,(H,23,28)/t15?,17-,18+/m0/s1. The van der Waals surface area contributed by atoms with E-state index in [4.69, 9.17) is 0 Å². The van der Waals surface area contributed by atoms with Gasteiger partial charge in [-0.3, -0.25) is 9.79 Å². The summed E-state index contributed by atoms with van der Waals surface area (Å²) in [6.45, 7) is 7.06. The molecule has 0 spiro atoms. The molecule has 1 amide bonds. The molecule has 0 saturated carbocycles. The van der Waals surface area contributed by atoms with Gasteiger partial charge in [0, 0.05) is 25.2 Å². The second-order valence-electron chi connectivity index (χ2n) is 7.85. The molecule has 0 bridgehead atoms. The molecule has 2 N–H and O–H groups in total. The van der Waals surface area contributed by atoms with Gasteiger partial charge in [-0.1, -0.05) is 32.1 Å². The first-order chi connectivity index (χ1) is 13.4. The lowest BCUT2D eigenvalue weighted by atomic mass is 9.88. The molecule has 1 fully saturated rings. The minimum atomic E-state index is -0.673. The van der Waals surface area contributed by atoms with Crippen LogP contribution in [-0.4, -0.2) is 52.7 Å². The highest BCUT2D eigenvalue weighted by molar-refractivity contribution is 6.00. The second-order valence-corrected chi connectivity index (χ2v) is 7.85. The average Bonchev–Trinajstić information content (AvgIpc) is 3.25. The minimum Gasteiger partial charge on any atom is -0.389 e. The predicted molar refractivity (Wildman–Crippen MR) is 108 cm³/mol. The van der Waals surface area contributed by atoms with Crippen molar-refractivity contribution in [1.82, 2.24) is 15.5 Å². The molecule has 146 valence electrons. The van der Waals surface area contributed by atoms with Crippen molar-refractivity contribution < 1.29 is 9.90 Å². The topological polar surface area (TPSA) is 90.7 Å². The number of aromatic nitrogens is 2. The summed E-state index contributed by atoms with van der Waals surface area (Å²) in [6.07, 6.45) is 7.34. The molecule has 4 rings (SSSR count). The highest BCUT2D eigenvalue weighted by Gasteiger charge is 2.35. The lowest BCUT2D eigenvalue weighted by Gasteiger charge is -2.18. The number of rotatable bonds is 4. The largest absolute Gasteiger partial charge is 0.389 e. The van der Waals surface area contributed by atoms with Crippen molar-refractivity contribution in [3.8, 4) is 0 Å². The number of carbonyl (C=O) groups excluding carboxylic acids is 1. The summed E-state index contributed by atoms with van der Waals surface area (Å²) < 4.78 is 0. The first-order valence-corrected chi connectivity index (χ1v) is 9.64. The number of amides is 1. The van der Waals surface area contributed by atoms with Crippen LogP contribution in [0.4, 0.5) is 5.82 Å². The number of hydrogen-bond donors (Lipinski definition) is 2. The summed E-state index contributed by atoms with van der Waals surface area (Å²) >= 11 is 0. The summed E-state index contributed by atoms with van der Waals surface area (Å²) in [5.74, 6) is 0.939. The maximum atomic E-state index is 12.8. The smallest absolute Gasteiger partial charge is 0.270 e. The second kappa shape index (κ2) is 7.31. The number of nitrogens with zero attached hydrogens (tertiary/aromatic N) is 4. The molecule has 1 saturated heterocycles. The molecule has 3 heterocycles. The van der Waals surface area contributed by atoms with Gasteiger partial charge < -0.3 is 15.3 Å². The molecule has 0 radical (unpaired) electrons. The number of aliphatic hydroxyl groups excluding tert-OH is 1. The fourth-order valence-electron chi connectivity index (χ4n) is 3.73. The van der Waals surface area contributed by atoms with Gasteiger partial charge in [-0.15, -0.1) is 5.10 Å². The number of aliphatic hydroxyl groups is 1. The van der Waals surface area contributed by atoms with Crippen molar-refractivity contribution in [2.45, 2.75) is 32.9 Å². The molecule has 1 aromatic heterocycles. The van der Waals surface area contributed by atoms with Gasteiger partial charge in [-0.05, 0) is 36.1 Å². The number of aryl methyl sites for hydroxylation is 1. The first kappa shape index (κ1) is 18.6. The van der Waals surface area contributed by atoms with Gasteiger partial charge in [-0.2, -0.15) is 5.10 Å². The maximum Gasteiger partial charge on any atom is 0.270 e. The van der Waals surface area contributed by atoms with E-state index < -0.39 is 6.10 Å². The van der Waals surface area contributed by atoms with Crippen LogP contribution in [0.15, 0.2) is 52.2 Å². The molecular formula is C21H25N5O2. The Morgan fingerprint density at radius 1 is 1.25 bits per heavy atom. The van der Waals surface area contributed by atoms with Crippen LogP contribution in [0.1, 0.15) is 19.5 Å². The third-order valence-corrected chi connectivity index (χ3v) is 5.42. The average molecular weight is 379 g/mol. The molecule has 1 unspecified atom stereocenters. The highest BCUT2D eigenvalue weighted by Crippen LogP contribution is 2.31. The molecule has 7 heteroatoms. The molecule has 3 atom stereocenters. The maximum absolute atomic E-state index is 12.8. The number of anilines is 1. The summed E-state index contributed by atoms with van der Waals surface area (Å²) in [4.78, 5) is 19.1. The first-order valence-electron chi connectivity index (χ1n) is 9.64. The molecule has 3 aliphatic rings. The van der Waals surface area contributed by atoms with Gasteiger partial charge in [0.2, 0.25) is 0 Å². The third kappa shape index (κ3) is 3.49. The fourth-order valence-corrected chi connectivity index (χ4v) is 3.73. The number of aliphatic imine (C=N–C) groups is 1. The number of fused-ring (bicyclic) bond motifs is 1. The van der Waals surface area contributed by atoms with Gasteiger partial charge in [0.25, 0.3) is 5.91 Å². The molecule has 7 nitrogen and oxygen atoms in total. The molecule has 0 aromatic carbocycles. The van der Waals surface area contributed by atoms with Crippen LogP contribution in [0.25, 0.3) is 0 Å². The lowest BCUT2D eigenvalue weighted by Crippen LogP contribution is -2.43.